The van der Waals surface area contributed by atoms with Crippen LogP contribution in [0.5, 0.6) is 0 Å². The van der Waals surface area contributed by atoms with Crippen molar-refractivity contribution >= 4 is 15.7 Å². The van der Waals surface area contributed by atoms with E-state index in [4.69, 9.17) is 0 Å². The minimum atomic E-state index is -3.44. The van der Waals surface area contributed by atoms with Crippen molar-refractivity contribution in [3.8, 4) is 0 Å². The lowest BCUT2D eigenvalue weighted by molar-refractivity contribution is 0.332. The summed E-state index contributed by atoms with van der Waals surface area (Å²) in [6.45, 7) is 5.94. The number of benzene rings is 1. The van der Waals surface area contributed by atoms with Crippen LogP contribution < -0.4 is 10.0 Å². The fraction of sp³-hybridized carbons (Fsp3) is 0.625. The van der Waals surface area contributed by atoms with E-state index >= 15 is 0 Å². The maximum Gasteiger partial charge on any atom is 0.241 e. The Bertz CT molecular complexity index is 580. The molecule has 1 saturated carbocycles. The topological polar surface area (TPSA) is 58.2 Å². The number of aryl methyl sites for hydroxylation is 2. The summed E-state index contributed by atoms with van der Waals surface area (Å²) in [4.78, 5) is 0.431. The molecule has 1 aliphatic carbocycles. The third-order valence-electron chi connectivity index (χ3n) is 4.36. The number of anilines is 1. The summed E-state index contributed by atoms with van der Waals surface area (Å²) < 4.78 is 28.3. The molecule has 5 heteroatoms. The van der Waals surface area contributed by atoms with Crippen molar-refractivity contribution in [3.63, 3.8) is 0 Å². The molecular formula is C16H26N2O2S. The first-order chi connectivity index (χ1) is 9.83. The Morgan fingerprint density at radius 2 is 1.57 bits per heavy atom. The molecule has 2 N–H and O–H groups in total. The summed E-state index contributed by atoms with van der Waals surface area (Å²) >= 11 is 0. The van der Waals surface area contributed by atoms with E-state index in [9.17, 15) is 8.42 Å². The second-order valence-corrected chi connectivity index (χ2v) is 7.92. The van der Waals surface area contributed by atoms with Crippen molar-refractivity contribution in [2.45, 2.75) is 57.4 Å². The van der Waals surface area contributed by atoms with Gasteiger partial charge < -0.3 is 5.32 Å². The van der Waals surface area contributed by atoms with Gasteiger partial charge in [0.05, 0.1) is 4.90 Å². The zero-order chi connectivity index (χ0) is 15.6. The average molecular weight is 310 g/mol. The second kappa shape index (κ2) is 6.36. The van der Waals surface area contributed by atoms with Crippen LogP contribution in [0.15, 0.2) is 17.0 Å². The van der Waals surface area contributed by atoms with E-state index in [0.717, 1.165) is 42.5 Å². The summed E-state index contributed by atoms with van der Waals surface area (Å²) in [7, 11) is -1.60. The molecule has 2 rings (SSSR count). The Labute approximate surface area is 128 Å². The number of nitrogens with one attached hydrogen (secondary N) is 2. The molecule has 0 heterocycles. The van der Waals surface area contributed by atoms with E-state index in [2.05, 4.69) is 17.0 Å². The van der Waals surface area contributed by atoms with E-state index in [1.807, 2.05) is 33.0 Å². The molecular weight excluding hydrogens is 284 g/mol. The summed E-state index contributed by atoms with van der Waals surface area (Å²) in [6, 6.07) is 3.84. The molecule has 0 spiro atoms. The molecule has 118 valence electrons. The Morgan fingerprint density at radius 3 is 2.05 bits per heavy atom. The molecule has 0 bridgehead atoms. The highest BCUT2D eigenvalue weighted by atomic mass is 32.2. The van der Waals surface area contributed by atoms with Crippen molar-refractivity contribution in [1.82, 2.24) is 4.72 Å². The van der Waals surface area contributed by atoms with Crippen LogP contribution >= 0.6 is 0 Å². The highest BCUT2D eigenvalue weighted by molar-refractivity contribution is 7.89. The third-order valence-corrected chi connectivity index (χ3v) is 6.18. The van der Waals surface area contributed by atoms with Gasteiger partial charge in [-0.05, 0) is 68.7 Å². The zero-order valence-corrected chi connectivity index (χ0v) is 14.2. The van der Waals surface area contributed by atoms with Gasteiger partial charge in [-0.3, -0.25) is 0 Å². The van der Waals surface area contributed by atoms with Crippen molar-refractivity contribution in [2.75, 3.05) is 12.4 Å². The lowest BCUT2D eigenvalue weighted by Gasteiger charge is -2.27. The Balaban J connectivity index is 2.24. The molecule has 1 aliphatic rings. The van der Waals surface area contributed by atoms with E-state index in [1.54, 1.807) is 0 Å². The molecule has 0 atom stereocenters. The molecule has 0 aliphatic heterocycles. The second-order valence-electron chi connectivity index (χ2n) is 6.27. The molecule has 21 heavy (non-hydrogen) atoms. The van der Waals surface area contributed by atoms with Gasteiger partial charge in [0.25, 0.3) is 0 Å². The quantitative estimate of drug-likeness (QED) is 0.898. The molecule has 1 aromatic carbocycles. The maximum atomic E-state index is 12.7. The molecule has 0 amide bonds. The molecule has 4 nitrogen and oxygen atoms in total. The van der Waals surface area contributed by atoms with Crippen LogP contribution in [0.1, 0.15) is 43.7 Å². The first-order valence-corrected chi connectivity index (χ1v) is 9.13. The predicted molar refractivity (Wildman–Crippen MR) is 87.2 cm³/mol. The van der Waals surface area contributed by atoms with Crippen LogP contribution in [-0.2, 0) is 10.0 Å². The highest BCUT2D eigenvalue weighted by Crippen LogP contribution is 2.27. The molecule has 0 saturated heterocycles. The Hall–Kier alpha value is -1.07. The molecule has 1 aromatic rings. The van der Waals surface area contributed by atoms with Crippen LogP contribution in [0, 0.1) is 19.8 Å². The first-order valence-electron chi connectivity index (χ1n) is 7.65. The van der Waals surface area contributed by atoms with Gasteiger partial charge in [0.1, 0.15) is 0 Å². The Kier molecular flexibility index (Phi) is 4.94. The maximum absolute atomic E-state index is 12.7. The molecule has 0 unspecified atom stereocenters. The smallest absolute Gasteiger partial charge is 0.241 e. The largest absolute Gasteiger partial charge is 0.388 e. The summed E-state index contributed by atoms with van der Waals surface area (Å²) in [5.41, 5.74) is 2.52. The van der Waals surface area contributed by atoms with E-state index in [0.29, 0.717) is 10.8 Å². The summed E-state index contributed by atoms with van der Waals surface area (Å²) in [5, 5.41) is 3.06. The van der Waals surface area contributed by atoms with Gasteiger partial charge in [-0.25, -0.2) is 13.1 Å². The predicted octanol–water partition coefficient (Wildman–Crippen LogP) is 3.20. The van der Waals surface area contributed by atoms with Crippen LogP contribution in [0.25, 0.3) is 0 Å². The van der Waals surface area contributed by atoms with Crippen molar-refractivity contribution in [2.24, 2.45) is 5.92 Å². The van der Waals surface area contributed by atoms with Crippen LogP contribution in [0.3, 0.4) is 0 Å². The van der Waals surface area contributed by atoms with E-state index in [1.165, 1.54) is 0 Å². The standard InChI is InChI=1S/C16H26N2O2S/c1-11-5-7-14(8-6-11)18-21(19,20)16-12(2)9-15(17-4)10-13(16)3/h9-11,14,17-18H,5-8H2,1-4H3. The van der Waals surface area contributed by atoms with E-state index in [-0.39, 0.29) is 6.04 Å². The average Bonchev–Trinajstić information content (AvgIpc) is 2.39. The van der Waals surface area contributed by atoms with Gasteiger partial charge in [0.2, 0.25) is 10.0 Å². The Morgan fingerprint density at radius 1 is 1.05 bits per heavy atom. The summed E-state index contributed by atoms with van der Waals surface area (Å²) in [5.74, 6) is 0.712. The van der Waals surface area contributed by atoms with Gasteiger partial charge in [-0.15, -0.1) is 0 Å². The number of sulfonamides is 1. The van der Waals surface area contributed by atoms with Crippen LogP contribution in [-0.4, -0.2) is 21.5 Å². The van der Waals surface area contributed by atoms with Crippen molar-refractivity contribution < 1.29 is 8.42 Å². The highest BCUT2D eigenvalue weighted by Gasteiger charge is 2.26. The first kappa shape index (κ1) is 16.3. The monoisotopic (exact) mass is 310 g/mol. The lowest BCUT2D eigenvalue weighted by atomic mass is 9.88. The normalized spacial score (nSPS) is 23.0. The number of rotatable bonds is 4. The van der Waals surface area contributed by atoms with Gasteiger partial charge in [-0.2, -0.15) is 0 Å². The number of hydrogen-bond donors (Lipinski definition) is 2. The zero-order valence-electron chi connectivity index (χ0n) is 13.4. The molecule has 0 radical (unpaired) electrons. The fourth-order valence-corrected chi connectivity index (χ4v) is 4.93. The minimum absolute atomic E-state index is 0.0778. The van der Waals surface area contributed by atoms with Crippen molar-refractivity contribution in [3.05, 3.63) is 23.3 Å². The van der Waals surface area contributed by atoms with Crippen LogP contribution in [0.4, 0.5) is 5.69 Å². The van der Waals surface area contributed by atoms with Gasteiger partial charge in [-0.1, -0.05) is 6.92 Å². The summed E-state index contributed by atoms with van der Waals surface area (Å²) in [6.07, 6.45) is 4.08. The fourth-order valence-electron chi connectivity index (χ4n) is 3.17. The lowest BCUT2D eigenvalue weighted by Crippen LogP contribution is -2.37. The molecule has 1 fully saturated rings. The number of hydrogen-bond acceptors (Lipinski definition) is 3. The SMILES string of the molecule is CNc1cc(C)c(S(=O)(=O)NC2CCC(C)CC2)c(C)c1. The molecule has 0 aromatic heterocycles. The third kappa shape index (κ3) is 3.77. The van der Waals surface area contributed by atoms with Gasteiger partial charge in [0.15, 0.2) is 0 Å². The van der Waals surface area contributed by atoms with Crippen molar-refractivity contribution in [1.29, 1.82) is 0 Å². The van der Waals surface area contributed by atoms with Crippen LogP contribution in [0.2, 0.25) is 0 Å². The van der Waals surface area contributed by atoms with Gasteiger partial charge >= 0.3 is 0 Å². The van der Waals surface area contributed by atoms with E-state index < -0.39 is 10.0 Å². The van der Waals surface area contributed by atoms with Gasteiger partial charge in [0, 0.05) is 18.8 Å². The minimum Gasteiger partial charge on any atom is -0.388 e.